The Bertz CT molecular complexity index is 200. The molecule has 0 aromatic carbocycles. The van der Waals surface area contributed by atoms with Gasteiger partial charge in [-0.15, -0.1) is 0 Å². The predicted octanol–water partition coefficient (Wildman–Crippen LogP) is 2.23. The molecule has 0 saturated carbocycles. The minimum absolute atomic E-state index is 0.942. The van der Waals surface area contributed by atoms with Gasteiger partial charge in [0.1, 0.15) is 5.76 Å². The second-order valence-electron chi connectivity index (χ2n) is 2.24. The molecule has 0 unspecified atom stereocenters. The van der Waals surface area contributed by atoms with Gasteiger partial charge in [0.25, 0.3) is 0 Å². The lowest BCUT2D eigenvalue weighted by molar-refractivity contribution is 0.392. The number of aromatic nitrogens is 1. The molecule has 0 aliphatic heterocycles. The summed E-state index contributed by atoms with van der Waals surface area (Å²) >= 11 is 3.37. The molecule has 2 nitrogen and oxygen atoms in total. The maximum atomic E-state index is 4.98. The summed E-state index contributed by atoms with van der Waals surface area (Å²) < 4.78 is 4.98. The van der Waals surface area contributed by atoms with Crippen molar-refractivity contribution in [1.29, 1.82) is 0 Å². The third-order valence-corrected chi connectivity index (χ3v) is 1.92. The van der Waals surface area contributed by atoms with Crippen molar-refractivity contribution < 1.29 is 4.52 Å². The lowest BCUT2D eigenvalue weighted by Gasteiger charge is -1.91. The Hall–Kier alpha value is -0.310. The van der Waals surface area contributed by atoms with E-state index in [2.05, 4.69) is 21.1 Å². The molecule has 1 rings (SSSR count). The molecule has 0 aliphatic rings. The Kier molecular flexibility index (Phi) is 2.49. The van der Waals surface area contributed by atoms with Gasteiger partial charge in [0.05, 0.1) is 5.69 Å². The van der Waals surface area contributed by atoms with Crippen LogP contribution in [0.1, 0.15) is 17.0 Å². The number of aryl methyl sites for hydroxylation is 2. The Morgan fingerprint density at radius 3 is 2.60 bits per heavy atom. The van der Waals surface area contributed by atoms with Crippen LogP contribution < -0.4 is 0 Å². The molecule has 1 aromatic heterocycles. The summed E-state index contributed by atoms with van der Waals surface area (Å²) in [5, 5.41) is 4.81. The van der Waals surface area contributed by atoms with Crippen LogP contribution >= 0.6 is 15.9 Å². The molecule has 0 aliphatic carbocycles. The molecule has 1 heterocycles. The smallest absolute Gasteiger partial charge is 0.137 e. The van der Waals surface area contributed by atoms with Gasteiger partial charge in [-0.1, -0.05) is 21.1 Å². The van der Waals surface area contributed by atoms with Crippen molar-refractivity contribution in [1.82, 2.24) is 5.16 Å². The highest BCUT2D eigenvalue weighted by Crippen LogP contribution is 2.13. The summed E-state index contributed by atoms with van der Waals surface area (Å²) in [7, 11) is 0. The molecule has 0 bridgehead atoms. The zero-order chi connectivity index (χ0) is 7.56. The average Bonchev–Trinajstić information content (AvgIpc) is 2.20. The van der Waals surface area contributed by atoms with Crippen LogP contribution in [0, 0.1) is 13.8 Å². The second kappa shape index (κ2) is 3.19. The van der Waals surface area contributed by atoms with Crippen LogP contribution in [0.2, 0.25) is 0 Å². The van der Waals surface area contributed by atoms with Crippen LogP contribution in [-0.2, 0) is 6.42 Å². The van der Waals surface area contributed by atoms with Crippen LogP contribution in [0.5, 0.6) is 0 Å². The molecule has 0 N–H and O–H groups in total. The molecule has 0 saturated heterocycles. The maximum absolute atomic E-state index is 4.98. The van der Waals surface area contributed by atoms with E-state index in [1.165, 1.54) is 5.56 Å². The van der Waals surface area contributed by atoms with Gasteiger partial charge >= 0.3 is 0 Å². The lowest BCUT2D eigenvalue weighted by Crippen LogP contribution is -1.88. The van der Waals surface area contributed by atoms with Crippen LogP contribution in [0.3, 0.4) is 0 Å². The summed E-state index contributed by atoms with van der Waals surface area (Å²) in [5.74, 6) is 0.942. The number of hydrogen-bond donors (Lipinski definition) is 0. The van der Waals surface area contributed by atoms with Crippen molar-refractivity contribution in [3.63, 3.8) is 0 Å². The molecule has 0 atom stereocenters. The van der Waals surface area contributed by atoms with Gasteiger partial charge < -0.3 is 4.52 Å². The van der Waals surface area contributed by atoms with E-state index in [0.717, 1.165) is 23.2 Å². The first-order valence-corrected chi connectivity index (χ1v) is 4.35. The van der Waals surface area contributed by atoms with Crippen molar-refractivity contribution in [3.8, 4) is 0 Å². The van der Waals surface area contributed by atoms with E-state index >= 15 is 0 Å². The van der Waals surface area contributed by atoms with Gasteiger partial charge in [-0.2, -0.15) is 0 Å². The molecule has 1 aromatic rings. The zero-order valence-electron chi connectivity index (χ0n) is 6.15. The highest BCUT2D eigenvalue weighted by Gasteiger charge is 2.06. The molecular weight excluding hydrogens is 194 g/mol. The largest absolute Gasteiger partial charge is 0.361 e. The Morgan fingerprint density at radius 1 is 1.50 bits per heavy atom. The Labute approximate surface area is 68.7 Å². The molecule has 10 heavy (non-hydrogen) atoms. The number of halogens is 1. The second-order valence-corrected chi connectivity index (χ2v) is 3.03. The highest BCUT2D eigenvalue weighted by molar-refractivity contribution is 9.09. The average molecular weight is 204 g/mol. The minimum atomic E-state index is 0.942. The van der Waals surface area contributed by atoms with E-state index in [9.17, 15) is 0 Å². The van der Waals surface area contributed by atoms with Gasteiger partial charge in [0, 0.05) is 10.9 Å². The fourth-order valence-corrected chi connectivity index (χ4v) is 1.35. The Balaban J connectivity index is 2.87. The molecule has 0 fully saturated rings. The van der Waals surface area contributed by atoms with Crippen LogP contribution in [0.25, 0.3) is 0 Å². The first-order chi connectivity index (χ1) is 4.75. The van der Waals surface area contributed by atoms with E-state index in [1.807, 2.05) is 13.8 Å². The van der Waals surface area contributed by atoms with Crippen molar-refractivity contribution in [2.45, 2.75) is 20.3 Å². The summed E-state index contributed by atoms with van der Waals surface area (Å²) in [6, 6.07) is 0. The number of alkyl halides is 1. The quantitative estimate of drug-likeness (QED) is 0.690. The normalized spacial score (nSPS) is 10.3. The number of nitrogens with zero attached hydrogens (tertiary/aromatic N) is 1. The van der Waals surface area contributed by atoms with Gasteiger partial charge in [-0.25, -0.2) is 0 Å². The van der Waals surface area contributed by atoms with Gasteiger partial charge in [0.2, 0.25) is 0 Å². The standard InChI is InChI=1S/C7H10BrNO/c1-5-7(3-4-8)6(2)10-9-5/h3-4H2,1-2H3. The van der Waals surface area contributed by atoms with E-state index in [-0.39, 0.29) is 0 Å². The van der Waals surface area contributed by atoms with Crippen LogP contribution in [0.4, 0.5) is 0 Å². The molecule has 3 heteroatoms. The molecule has 0 amide bonds. The molecular formula is C7H10BrNO. The maximum Gasteiger partial charge on any atom is 0.137 e. The molecule has 0 radical (unpaired) electrons. The van der Waals surface area contributed by atoms with E-state index < -0.39 is 0 Å². The summed E-state index contributed by atoms with van der Waals surface area (Å²) in [6.45, 7) is 3.91. The zero-order valence-corrected chi connectivity index (χ0v) is 7.73. The first kappa shape index (κ1) is 7.79. The minimum Gasteiger partial charge on any atom is -0.361 e. The first-order valence-electron chi connectivity index (χ1n) is 3.23. The van der Waals surface area contributed by atoms with Crippen molar-refractivity contribution in [3.05, 3.63) is 17.0 Å². The molecule has 0 spiro atoms. The van der Waals surface area contributed by atoms with Crippen molar-refractivity contribution >= 4 is 15.9 Å². The summed E-state index contributed by atoms with van der Waals surface area (Å²) in [5.41, 5.74) is 2.24. The monoisotopic (exact) mass is 203 g/mol. The van der Waals surface area contributed by atoms with Crippen molar-refractivity contribution in [2.75, 3.05) is 5.33 Å². The predicted molar refractivity (Wildman–Crippen MR) is 43.5 cm³/mol. The third kappa shape index (κ3) is 1.40. The number of hydrogen-bond acceptors (Lipinski definition) is 2. The third-order valence-electron chi connectivity index (χ3n) is 1.53. The molecule has 56 valence electrons. The fourth-order valence-electron chi connectivity index (χ4n) is 0.953. The topological polar surface area (TPSA) is 26.0 Å². The van der Waals surface area contributed by atoms with E-state index in [0.29, 0.717) is 0 Å². The fraction of sp³-hybridized carbons (Fsp3) is 0.571. The summed E-state index contributed by atoms with van der Waals surface area (Å²) in [6.07, 6.45) is 1.00. The van der Waals surface area contributed by atoms with Gasteiger partial charge in [-0.05, 0) is 20.3 Å². The highest BCUT2D eigenvalue weighted by atomic mass is 79.9. The van der Waals surface area contributed by atoms with Gasteiger partial charge in [0.15, 0.2) is 0 Å². The SMILES string of the molecule is Cc1noc(C)c1CCBr. The number of rotatable bonds is 2. The van der Waals surface area contributed by atoms with E-state index in [4.69, 9.17) is 4.52 Å². The summed E-state index contributed by atoms with van der Waals surface area (Å²) in [4.78, 5) is 0. The van der Waals surface area contributed by atoms with Crippen LogP contribution in [0.15, 0.2) is 4.52 Å². The van der Waals surface area contributed by atoms with Crippen LogP contribution in [-0.4, -0.2) is 10.5 Å². The Morgan fingerprint density at radius 2 is 2.20 bits per heavy atom. The van der Waals surface area contributed by atoms with Crippen molar-refractivity contribution in [2.24, 2.45) is 0 Å². The lowest BCUT2D eigenvalue weighted by atomic mass is 10.1. The van der Waals surface area contributed by atoms with Gasteiger partial charge in [-0.3, -0.25) is 0 Å². The van der Waals surface area contributed by atoms with E-state index in [1.54, 1.807) is 0 Å².